The predicted octanol–water partition coefficient (Wildman–Crippen LogP) is 2.61. The van der Waals surface area contributed by atoms with Crippen molar-refractivity contribution in [2.45, 2.75) is 19.1 Å². The highest BCUT2D eigenvalue weighted by atomic mass is 35.5. The molecule has 2 unspecified atom stereocenters. The Kier molecular flexibility index (Phi) is 4.40. The zero-order chi connectivity index (χ0) is 14.8. The van der Waals surface area contributed by atoms with Gasteiger partial charge in [-0.05, 0) is 30.7 Å². The first-order valence-electron chi connectivity index (χ1n) is 7.29. The van der Waals surface area contributed by atoms with Gasteiger partial charge in [-0.3, -0.25) is 9.88 Å². The molecule has 0 spiro atoms. The number of pyridine rings is 1. The highest BCUT2D eigenvalue weighted by Crippen LogP contribution is 2.31. The number of morpholine rings is 1. The topological polar surface area (TPSA) is 51.4 Å². The van der Waals surface area contributed by atoms with E-state index >= 15 is 0 Å². The lowest BCUT2D eigenvalue weighted by Gasteiger charge is -2.37. The Morgan fingerprint density at radius 1 is 1.48 bits per heavy atom. The van der Waals surface area contributed by atoms with Gasteiger partial charge in [0.2, 0.25) is 0 Å². The summed E-state index contributed by atoms with van der Waals surface area (Å²) in [7, 11) is 0. The van der Waals surface area contributed by atoms with Crippen molar-refractivity contribution in [3.8, 4) is 0 Å². The minimum absolute atomic E-state index is 0.144. The van der Waals surface area contributed by atoms with E-state index in [4.69, 9.17) is 22.1 Å². The van der Waals surface area contributed by atoms with Gasteiger partial charge in [-0.15, -0.1) is 0 Å². The molecule has 5 heteroatoms. The van der Waals surface area contributed by atoms with Crippen molar-refractivity contribution < 1.29 is 4.74 Å². The van der Waals surface area contributed by atoms with Crippen LogP contribution in [0.4, 0.5) is 0 Å². The smallest absolute Gasteiger partial charge is 0.0765 e. The van der Waals surface area contributed by atoms with E-state index in [0.29, 0.717) is 6.54 Å². The summed E-state index contributed by atoms with van der Waals surface area (Å²) in [5, 5.41) is 1.71. The van der Waals surface area contributed by atoms with Crippen molar-refractivity contribution in [2.75, 3.05) is 26.2 Å². The second-order valence-electron chi connectivity index (χ2n) is 5.46. The van der Waals surface area contributed by atoms with Gasteiger partial charge in [0, 0.05) is 42.3 Å². The minimum Gasteiger partial charge on any atom is -0.376 e. The largest absolute Gasteiger partial charge is 0.376 e. The van der Waals surface area contributed by atoms with Gasteiger partial charge in [-0.1, -0.05) is 17.7 Å². The normalized spacial score (nSPS) is 21.6. The number of aromatic nitrogens is 1. The van der Waals surface area contributed by atoms with Crippen molar-refractivity contribution >= 4 is 22.5 Å². The summed E-state index contributed by atoms with van der Waals surface area (Å²) >= 11 is 6.28. The Morgan fingerprint density at radius 3 is 3.10 bits per heavy atom. The highest BCUT2D eigenvalue weighted by Gasteiger charge is 2.26. The number of hydrogen-bond acceptors (Lipinski definition) is 4. The highest BCUT2D eigenvalue weighted by molar-refractivity contribution is 6.35. The van der Waals surface area contributed by atoms with Gasteiger partial charge in [-0.2, -0.15) is 0 Å². The third-order valence-corrected chi connectivity index (χ3v) is 4.37. The lowest BCUT2D eigenvalue weighted by atomic mass is 10.0. The minimum atomic E-state index is 0.144. The maximum absolute atomic E-state index is 6.28. The Bertz CT molecular complexity index is 634. The number of fused-ring (bicyclic) bond motifs is 1. The molecule has 1 aromatic carbocycles. The maximum Gasteiger partial charge on any atom is 0.0765 e. The number of hydrogen-bond donors (Lipinski definition) is 1. The molecule has 1 aliphatic heterocycles. The van der Waals surface area contributed by atoms with Gasteiger partial charge < -0.3 is 10.5 Å². The molecule has 3 rings (SSSR count). The van der Waals surface area contributed by atoms with Crippen LogP contribution in [0.15, 0.2) is 30.5 Å². The van der Waals surface area contributed by atoms with E-state index in [1.807, 2.05) is 18.2 Å². The van der Waals surface area contributed by atoms with Gasteiger partial charge in [0.05, 0.1) is 18.2 Å². The summed E-state index contributed by atoms with van der Waals surface area (Å²) in [6, 6.07) is 8.05. The molecule has 0 saturated carbocycles. The maximum atomic E-state index is 6.28. The van der Waals surface area contributed by atoms with Gasteiger partial charge in [-0.25, -0.2) is 0 Å². The van der Waals surface area contributed by atoms with Gasteiger partial charge >= 0.3 is 0 Å². The molecule has 1 fully saturated rings. The van der Waals surface area contributed by atoms with Crippen LogP contribution in [-0.2, 0) is 4.74 Å². The number of rotatable bonds is 3. The van der Waals surface area contributed by atoms with E-state index in [1.54, 1.807) is 6.20 Å². The van der Waals surface area contributed by atoms with Crippen LogP contribution in [0.2, 0.25) is 5.02 Å². The van der Waals surface area contributed by atoms with Crippen LogP contribution in [0.5, 0.6) is 0 Å². The van der Waals surface area contributed by atoms with Crippen molar-refractivity contribution in [2.24, 2.45) is 5.73 Å². The molecule has 2 heterocycles. The monoisotopic (exact) mass is 305 g/mol. The molecule has 1 saturated heterocycles. The van der Waals surface area contributed by atoms with E-state index < -0.39 is 0 Å². The second-order valence-corrected chi connectivity index (χ2v) is 5.87. The lowest BCUT2D eigenvalue weighted by molar-refractivity contribution is -0.0331. The fourth-order valence-corrected chi connectivity index (χ4v) is 3.25. The first-order valence-corrected chi connectivity index (χ1v) is 7.67. The van der Waals surface area contributed by atoms with Crippen molar-refractivity contribution in [3.63, 3.8) is 0 Å². The molecule has 0 radical (unpaired) electrons. The Balaban J connectivity index is 2.03. The van der Waals surface area contributed by atoms with Crippen LogP contribution in [0, 0.1) is 0 Å². The molecule has 112 valence electrons. The molecule has 0 aliphatic carbocycles. The van der Waals surface area contributed by atoms with Gasteiger partial charge in [0.25, 0.3) is 0 Å². The van der Waals surface area contributed by atoms with Crippen molar-refractivity contribution in [3.05, 3.63) is 41.0 Å². The third kappa shape index (κ3) is 2.90. The second kappa shape index (κ2) is 6.28. The van der Waals surface area contributed by atoms with Crippen molar-refractivity contribution in [1.29, 1.82) is 0 Å². The summed E-state index contributed by atoms with van der Waals surface area (Å²) in [5.74, 6) is 0. The van der Waals surface area contributed by atoms with Gasteiger partial charge in [0.15, 0.2) is 0 Å². The first kappa shape index (κ1) is 14.7. The zero-order valence-corrected chi connectivity index (χ0v) is 12.9. The molecule has 2 atom stereocenters. The molecule has 2 aromatic rings. The summed E-state index contributed by atoms with van der Waals surface area (Å²) < 4.78 is 5.63. The standard InChI is InChI=1S/C16H20ClN3O/c1-11-10-20(7-8-21-11)15(9-18)13-4-5-14(17)12-3-2-6-19-16(12)13/h2-6,11,15H,7-10,18H2,1H3. The quantitative estimate of drug-likeness (QED) is 0.947. The summed E-state index contributed by atoms with van der Waals surface area (Å²) in [6.07, 6.45) is 2.04. The first-order chi connectivity index (χ1) is 10.2. The van der Waals surface area contributed by atoms with E-state index in [-0.39, 0.29) is 12.1 Å². The average Bonchev–Trinajstić information content (AvgIpc) is 2.51. The number of benzene rings is 1. The molecular formula is C16H20ClN3O. The zero-order valence-electron chi connectivity index (χ0n) is 12.1. The molecule has 4 nitrogen and oxygen atoms in total. The van der Waals surface area contributed by atoms with Crippen LogP contribution in [0.1, 0.15) is 18.5 Å². The van der Waals surface area contributed by atoms with E-state index in [1.165, 1.54) is 0 Å². The molecule has 1 aromatic heterocycles. The van der Waals surface area contributed by atoms with Crippen LogP contribution in [-0.4, -0.2) is 42.2 Å². The molecular weight excluding hydrogens is 286 g/mol. The Labute approximate surface area is 129 Å². The summed E-state index contributed by atoms with van der Waals surface area (Å²) in [6.45, 7) is 5.18. The van der Waals surface area contributed by atoms with Crippen LogP contribution in [0.25, 0.3) is 10.9 Å². The van der Waals surface area contributed by atoms with Crippen LogP contribution < -0.4 is 5.73 Å². The fraction of sp³-hybridized carbons (Fsp3) is 0.438. The molecule has 0 amide bonds. The molecule has 2 N–H and O–H groups in total. The number of ether oxygens (including phenoxy) is 1. The average molecular weight is 306 g/mol. The van der Waals surface area contributed by atoms with E-state index in [2.05, 4.69) is 22.9 Å². The van der Waals surface area contributed by atoms with Crippen LogP contribution >= 0.6 is 11.6 Å². The third-order valence-electron chi connectivity index (χ3n) is 4.04. The Morgan fingerprint density at radius 2 is 2.33 bits per heavy atom. The lowest BCUT2D eigenvalue weighted by Crippen LogP contribution is -2.45. The molecule has 0 bridgehead atoms. The fourth-order valence-electron chi connectivity index (χ4n) is 3.03. The van der Waals surface area contributed by atoms with Crippen LogP contribution in [0.3, 0.4) is 0 Å². The SMILES string of the molecule is CC1CN(C(CN)c2ccc(Cl)c3cccnc23)CCO1. The Hall–Kier alpha value is -1.20. The summed E-state index contributed by atoms with van der Waals surface area (Å²) in [5.41, 5.74) is 8.16. The van der Waals surface area contributed by atoms with E-state index in [9.17, 15) is 0 Å². The number of nitrogens with zero attached hydrogens (tertiary/aromatic N) is 2. The molecule has 21 heavy (non-hydrogen) atoms. The van der Waals surface area contributed by atoms with Crippen molar-refractivity contribution in [1.82, 2.24) is 9.88 Å². The summed E-state index contributed by atoms with van der Waals surface area (Å²) in [4.78, 5) is 6.91. The van der Waals surface area contributed by atoms with Gasteiger partial charge in [0.1, 0.15) is 0 Å². The number of nitrogens with two attached hydrogens (primary N) is 1. The van der Waals surface area contributed by atoms with E-state index in [0.717, 1.165) is 41.2 Å². The number of halogens is 1. The predicted molar refractivity (Wildman–Crippen MR) is 85.5 cm³/mol. The molecule has 1 aliphatic rings.